The zero-order valence-electron chi connectivity index (χ0n) is 12.2. The van der Waals surface area contributed by atoms with Crippen LogP contribution in [0.2, 0.25) is 0 Å². The van der Waals surface area contributed by atoms with Crippen LogP contribution in [0.15, 0.2) is 30.3 Å². The van der Waals surface area contributed by atoms with Gasteiger partial charge in [-0.2, -0.15) is 0 Å². The van der Waals surface area contributed by atoms with Crippen molar-refractivity contribution >= 4 is 0 Å². The lowest BCUT2D eigenvalue weighted by atomic mass is 10.1. The van der Waals surface area contributed by atoms with Crippen LogP contribution in [0, 0.1) is 12.0 Å². The molecule has 1 rings (SSSR count). The van der Waals surface area contributed by atoms with Crippen molar-refractivity contribution in [1.82, 2.24) is 0 Å². The molecule has 0 N–H and O–H groups in total. The molecule has 1 aromatic carbocycles. The average Bonchev–Trinajstić information content (AvgIpc) is 2.46. The topological polar surface area (TPSA) is 9.23 Å². The van der Waals surface area contributed by atoms with Crippen LogP contribution < -0.4 is 4.74 Å². The number of unbranched alkanes of at least 4 members (excludes halogenated alkanes) is 8. The fraction of sp³-hybridized carbons (Fsp3) is 0.556. The molecule has 0 aliphatic carbocycles. The molecular formula is C18H26O. The fourth-order valence-electron chi connectivity index (χ4n) is 1.98. The first-order valence-electron chi connectivity index (χ1n) is 7.63. The molecule has 1 heteroatoms. The van der Waals surface area contributed by atoms with Crippen LogP contribution in [0.4, 0.5) is 0 Å². The van der Waals surface area contributed by atoms with E-state index in [-0.39, 0.29) is 0 Å². The van der Waals surface area contributed by atoms with Gasteiger partial charge in [-0.3, -0.25) is 0 Å². The molecule has 0 radical (unpaired) electrons. The van der Waals surface area contributed by atoms with E-state index >= 15 is 0 Å². The van der Waals surface area contributed by atoms with Gasteiger partial charge in [0.05, 0.1) is 0 Å². The summed E-state index contributed by atoms with van der Waals surface area (Å²) in [7, 11) is 0. The van der Waals surface area contributed by atoms with E-state index in [1.165, 1.54) is 51.4 Å². The summed E-state index contributed by atoms with van der Waals surface area (Å²) in [5.74, 6) is 3.90. The van der Waals surface area contributed by atoms with Crippen molar-refractivity contribution < 1.29 is 4.74 Å². The summed E-state index contributed by atoms with van der Waals surface area (Å²) in [5, 5.41) is 0. The number of para-hydroxylation sites is 1. The SMILES string of the molecule is CCCCCCCCCCC#COc1ccccc1. The van der Waals surface area contributed by atoms with Crippen molar-refractivity contribution in [3.05, 3.63) is 30.3 Å². The molecule has 0 heterocycles. The first kappa shape index (κ1) is 15.6. The summed E-state index contributed by atoms with van der Waals surface area (Å²) in [4.78, 5) is 0. The summed E-state index contributed by atoms with van der Waals surface area (Å²) in [6.07, 6.45) is 14.5. The Kier molecular flexibility index (Phi) is 9.59. The van der Waals surface area contributed by atoms with Gasteiger partial charge in [0.15, 0.2) is 0 Å². The third-order valence-corrected chi connectivity index (χ3v) is 3.14. The zero-order chi connectivity index (χ0) is 13.6. The van der Waals surface area contributed by atoms with Crippen LogP contribution in [0.1, 0.15) is 64.7 Å². The molecule has 0 saturated heterocycles. The van der Waals surface area contributed by atoms with E-state index in [1.54, 1.807) is 0 Å². The maximum absolute atomic E-state index is 5.32. The summed E-state index contributed by atoms with van der Waals surface area (Å²) >= 11 is 0. The molecule has 0 fully saturated rings. The van der Waals surface area contributed by atoms with Gasteiger partial charge in [0.25, 0.3) is 0 Å². The summed E-state index contributed by atoms with van der Waals surface area (Å²) in [5.41, 5.74) is 0. The van der Waals surface area contributed by atoms with Crippen LogP contribution in [0.25, 0.3) is 0 Å². The van der Waals surface area contributed by atoms with Crippen molar-refractivity contribution in [2.75, 3.05) is 0 Å². The van der Waals surface area contributed by atoms with E-state index < -0.39 is 0 Å². The van der Waals surface area contributed by atoms with Gasteiger partial charge in [0.2, 0.25) is 0 Å². The van der Waals surface area contributed by atoms with Crippen LogP contribution in [-0.2, 0) is 0 Å². The molecule has 0 unspecified atom stereocenters. The van der Waals surface area contributed by atoms with Crippen LogP contribution >= 0.6 is 0 Å². The van der Waals surface area contributed by atoms with Crippen molar-refractivity contribution in [1.29, 1.82) is 0 Å². The standard InChI is InChI=1S/C18H26O/c1-2-3-4-5-6-7-8-9-10-14-17-19-18-15-12-11-13-16-18/h11-13,15-16H,2-10H2,1H3. The second-order valence-corrected chi connectivity index (χ2v) is 4.92. The highest BCUT2D eigenvalue weighted by molar-refractivity contribution is 5.22. The number of ether oxygens (including phenoxy) is 1. The lowest BCUT2D eigenvalue weighted by Gasteiger charge is -1.99. The molecule has 0 amide bonds. The molecule has 1 nitrogen and oxygen atoms in total. The first-order chi connectivity index (χ1) is 9.43. The van der Waals surface area contributed by atoms with Gasteiger partial charge >= 0.3 is 0 Å². The third-order valence-electron chi connectivity index (χ3n) is 3.14. The van der Waals surface area contributed by atoms with Crippen molar-refractivity contribution in [2.45, 2.75) is 64.7 Å². The monoisotopic (exact) mass is 258 g/mol. The van der Waals surface area contributed by atoms with Gasteiger partial charge < -0.3 is 4.74 Å². The molecular weight excluding hydrogens is 232 g/mol. The maximum atomic E-state index is 5.32. The molecule has 0 bridgehead atoms. The number of hydrogen-bond acceptors (Lipinski definition) is 1. The second-order valence-electron chi connectivity index (χ2n) is 4.92. The van der Waals surface area contributed by atoms with Crippen LogP contribution in [0.5, 0.6) is 5.75 Å². The van der Waals surface area contributed by atoms with Gasteiger partial charge in [0.1, 0.15) is 11.9 Å². The van der Waals surface area contributed by atoms with Gasteiger partial charge in [-0.25, -0.2) is 0 Å². The summed E-state index contributed by atoms with van der Waals surface area (Å²) in [6, 6.07) is 9.72. The highest BCUT2D eigenvalue weighted by Crippen LogP contribution is 2.09. The molecule has 0 aliphatic rings. The van der Waals surface area contributed by atoms with Crippen LogP contribution in [-0.4, -0.2) is 0 Å². The van der Waals surface area contributed by atoms with Crippen LogP contribution in [0.3, 0.4) is 0 Å². The fourth-order valence-corrected chi connectivity index (χ4v) is 1.98. The van der Waals surface area contributed by atoms with E-state index in [2.05, 4.69) is 19.0 Å². The zero-order valence-corrected chi connectivity index (χ0v) is 12.2. The van der Waals surface area contributed by atoms with Gasteiger partial charge in [-0.05, 0) is 18.6 Å². The highest BCUT2D eigenvalue weighted by atomic mass is 16.5. The minimum absolute atomic E-state index is 0.825. The van der Waals surface area contributed by atoms with Gasteiger partial charge in [-0.15, -0.1) is 0 Å². The molecule has 1 aromatic rings. The highest BCUT2D eigenvalue weighted by Gasteiger charge is 1.90. The Bertz CT molecular complexity index is 358. The van der Waals surface area contributed by atoms with E-state index in [9.17, 15) is 0 Å². The Balaban J connectivity index is 1.91. The van der Waals surface area contributed by atoms with Gasteiger partial charge in [0, 0.05) is 6.42 Å². The number of benzene rings is 1. The first-order valence-corrected chi connectivity index (χ1v) is 7.63. The summed E-state index contributed by atoms with van der Waals surface area (Å²) in [6.45, 7) is 2.26. The Hall–Kier alpha value is -1.42. The predicted molar refractivity (Wildman–Crippen MR) is 82.1 cm³/mol. The average molecular weight is 258 g/mol. The Morgan fingerprint density at radius 1 is 0.842 bits per heavy atom. The van der Waals surface area contributed by atoms with E-state index in [0.717, 1.165) is 12.2 Å². The lowest BCUT2D eigenvalue weighted by Crippen LogP contribution is -1.82. The van der Waals surface area contributed by atoms with E-state index in [0.29, 0.717) is 0 Å². The van der Waals surface area contributed by atoms with Crippen molar-refractivity contribution in [3.63, 3.8) is 0 Å². The minimum atomic E-state index is 0.825. The second kappa shape index (κ2) is 11.7. The minimum Gasteiger partial charge on any atom is -0.408 e. The Labute approximate surface area is 118 Å². The predicted octanol–water partition coefficient (Wildman–Crippen LogP) is 5.56. The molecule has 0 atom stereocenters. The molecule has 0 aromatic heterocycles. The number of rotatable bonds is 9. The normalized spacial score (nSPS) is 9.74. The maximum Gasteiger partial charge on any atom is 0.140 e. The molecule has 19 heavy (non-hydrogen) atoms. The quantitative estimate of drug-likeness (QED) is 0.416. The largest absolute Gasteiger partial charge is 0.408 e. The summed E-state index contributed by atoms with van der Waals surface area (Å²) < 4.78 is 5.32. The molecule has 0 saturated carbocycles. The van der Waals surface area contributed by atoms with Gasteiger partial charge in [-0.1, -0.05) is 76.0 Å². The third kappa shape index (κ3) is 9.19. The lowest BCUT2D eigenvalue weighted by molar-refractivity contribution is 0.518. The molecule has 0 spiro atoms. The number of hydrogen-bond donors (Lipinski definition) is 0. The molecule has 104 valence electrons. The Morgan fingerprint density at radius 2 is 1.47 bits per heavy atom. The Morgan fingerprint density at radius 3 is 2.16 bits per heavy atom. The van der Waals surface area contributed by atoms with Crippen molar-refractivity contribution in [2.24, 2.45) is 0 Å². The van der Waals surface area contributed by atoms with E-state index in [4.69, 9.17) is 4.74 Å². The smallest absolute Gasteiger partial charge is 0.140 e. The van der Waals surface area contributed by atoms with Crippen molar-refractivity contribution in [3.8, 4) is 17.8 Å². The molecule has 0 aliphatic heterocycles. The van der Waals surface area contributed by atoms with E-state index in [1.807, 2.05) is 30.3 Å².